The van der Waals surface area contributed by atoms with Crippen LogP contribution in [0.25, 0.3) is 5.69 Å². The Balaban J connectivity index is 1.73. The number of carbonyl (C=O) groups is 1. The van der Waals surface area contributed by atoms with Gasteiger partial charge in [-0.2, -0.15) is 5.10 Å². The topological polar surface area (TPSA) is 90.1 Å². The van der Waals surface area contributed by atoms with Crippen LogP contribution in [-0.2, 0) is 11.2 Å². The predicted octanol–water partition coefficient (Wildman–Crippen LogP) is 4.31. The van der Waals surface area contributed by atoms with Crippen LogP contribution in [0.15, 0.2) is 54.6 Å². The van der Waals surface area contributed by atoms with Crippen molar-refractivity contribution in [2.75, 3.05) is 5.32 Å². The van der Waals surface area contributed by atoms with E-state index in [1.165, 1.54) is 12.1 Å². The molecule has 1 heterocycles. The van der Waals surface area contributed by atoms with Crippen LogP contribution in [0.2, 0.25) is 5.02 Å². The van der Waals surface area contributed by atoms with Gasteiger partial charge in [-0.05, 0) is 37.1 Å². The molecule has 0 aliphatic heterocycles. The molecule has 0 atom stereocenters. The molecule has 0 bridgehead atoms. The quantitative estimate of drug-likeness (QED) is 0.506. The smallest absolute Gasteiger partial charge is 0.269 e. The van der Waals surface area contributed by atoms with E-state index in [0.717, 1.165) is 11.3 Å². The average molecular weight is 385 g/mol. The number of halogens is 1. The van der Waals surface area contributed by atoms with Crippen molar-refractivity contribution in [3.05, 3.63) is 81.0 Å². The van der Waals surface area contributed by atoms with Crippen molar-refractivity contribution in [2.45, 2.75) is 19.8 Å². The Kier molecular flexibility index (Phi) is 5.52. The van der Waals surface area contributed by atoms with Crippen molar-refractivity contribution in [3.63, 3.8) is 0 Å². The second-order valence-electron chi connectivity index (χ2n) is 6.00. The van der Waals surface area contributed by atoms with Gasteiger partial charge in [0.15, 0.2) is 0 Å². The maximum absolute atomic E-state index is 12.3. The molecule has 0 unspecified atom stereocenters. The van der Waals surface area contributed by atoms with Crippen molar-refractivity contribution in [2.24, 2.45) is 0 Å². The fourth-order valence-electron chi connectivity index (χ4n) is 2.66. The van der Waals surface area contributed by atoms with Crippen LogP contribution in [0.4, 0.5) is 11.5 Å². The van der Waals surface area contributed by atoms with Crippen LogP contribution >= 0.6 is 11.6 Å². The second kappa shape index (κ2) is 8.01. The van der Waals surface area contributed by atoms with Gasteiger partial charge in [0, 0.05) is 29.6 Å². The molecule has 0 radical (unpaired) electrons. The molecular formula is C19H17ClN4O3. The molecule has 0 aliphatic carbocycles. The highest BCUT2D eigenvalue weighted by molar-refractivity contribution is 6.31. The maximum Gasteiger partial charge on any atom is 0.269 e. The number of aromatic nitrogens is 2. The number of aryl methyl sites for hydroxylation is 2. The lowest BCUT2D eigenvalue weighted by molar-refractivity contribution is -0.384. The van der Waals surface area contributed by atoms with Crippen molar-refractivity contribution in [1.82, 2.24) is 9.78 Å². The minimum Gasteiger partial charge on any atom is -0.311 e. The zero-order valence-electron chi connectivity index (χ0n) is 14.6. The minimum absolute atomic E-state index is 0.00652. The number of hydrogen-bond donors (Lipinski definition) is 1. The number of carbonyl (C=O) groups excluding carboxylic acids is 1. The third-order valence-electron chi connectivity index (χ3n) is 3.98. The van der Waals surface area contributed by atoms with Crippen LogP contribution < -0.4 is 5.32 Å². The standard InChI is InChI=1S/C19H17ClN4O3/c1-13-12-18(21-19(25)11-6-14-4-2-3-5-17(14)20)23(22-13)15-7-9-16(10-8-15)24(26)27/h2-5,7-10,12H,6,11H2,1H3,(H,21,25). The monoisotopic (exact) mass is 384 g/mol. The summed E-state index contributed by atoms with van der Waals surface area (Å²) < 4.78 is 1.55. The Labute approximate surface area is 160 Å². The molecule has 8 heteroatoms. The van der Waals surface area contributed by atoms with Crippen molar-refractivity contribution in [1.29, 1.82) is 0 Å². The molecule has 1 N–H and O–H groups in total. The molecule has 3 aromatic rings. The third kappa shape index (κ3) is 4.51. The Morgan fingerprint density at radius 3 is 2.59 bits per heavy atom. The third-order valence-corrected chi connectivity index (χ3v) is 4.35. The molecule has 2 aromatic carbocycles. The lowest BCUT2D eigenvalue weighted by Crippen LogP contribution is -2.15. The van der Waals surface area contributed by atoms with Crippen LogP contribution in [0.5, 0.6) is 0 Å². The first-order valence-electron chi connectivity index (χ1n) is 8.29. The van der Waals surface area contributed by atoms with Gasteiger partial charge in [0.1, 0.15) is 5.82 Å². The highest BCUT2D eigenvalue weighted by atomic mass is 35.5. The van der Waals surface area contributed by atoms with E-state index in [-0.39, 0.29) is 18.0 Å². The number of nitro groups is 1. The largest absolute Gasteiger partial charge is 0.311 e. The van der Waals surface area contributed by atoms with Crippen LogP contribution in [0, 0.1) is 17.0 Å². The second-order valence-corrected chi connectivity index (χ2v) is 6.40. The van der Waals surface area contributed by atoms with E-state index in [9.17, 15) is 14.9 Å². The van der Waals surface area contributed by atoms with Crippen LogP contribution in [-0.4, -0.2) is 20.6 Å². The Morgan fingerprint density at radius 1 is 1.22 bits per heavy atom. The Hall–Kier alpha value is -3.19. The first-order chi connectivity index (χ1) is 12.9. The van der Waals surface area contributed by atoms with Crippen molar-refractivity contribution >= 4 is 29.0 Å². The molecule has 7 nitrogen and oxygen atoms in total. The molecule has 138 valence electrons. The number of amides is 1. The number of nitrogens with zero attached hydrogens (tertiary/aromatic N) is 3. The predicted molar refractivity (Wildman–Crippen MR) is 103 cm³/mol. The molecule has 0 saturated carbocycles. The van der Waals surface area contributed by atoms with E-state index < -0.39 is 4.92 Å². The van der Waals surface area contributed by atoms with Gasteiger partial charge < -0.3 is 5.32 Å². The maximum atomic E-state index is 12.3. The number of nitro benzene ring substituents is 1. The molecule has 0 aliphatic rings. The molecule has 0 spiro atoms. The number of hydrogen-bond acceptors (Lipinski definition) is 4. The molecular weight excluding hydrogens is 368 g/mol. The minimum atomic E-state index is -0.463. The summed E-state index contributed by atoms with van der Waals surface area (Å²) in [7, 11) is 0. The number of rotatable bonds is 6. The van der Waals surface area contributed by atoms with Gasteiger partial charge in [0.2, 0.25) is 5.91 Å². The Morgan fingerprint density at radius 2 is 1.93 bits per heavy atom. The molecule has 1 aromatic heterocycles. The van der Waals surface area contributed by atoms with Gasteiger partial charge in [-0.25, -0.2) is 4.68 Å². The number of nitrogens with one attached hydrogen (secondary N) is 1. The SMILES string of the molecule is Cc1cc(NC(=O)CCc2ccccc2Cl)n(-c2ccc([N+](=O)[O-])cc2)n1. The first-order valence-corrected chi connectivity index (χ1v) is 8.66. The fraction of sp³-hybridized carbons (Fsp3) is 0.158. The number of non-ortho nitro benzene ring substituents is 1. The van der Waals surface area contributed by atoms with E-state index in [4.69, 9.17) is 11.6 Å². The van der Waals surface area contributed by atoms with Gasteiger partial charge in [0.25, 0.3) is 5.69 Å². The van der Waals surface area contributed by atoms with E-state index >= 15 is 0 Å². The van der Waals surface area contributed by atoms with E-state index in [1.54, 1.807) is 35.9 Å². The summed E-state index contributed by atoms with van der Waals surface area (Å²) in [6.07, 6.45) is 0.796. The zero-order chi connectivity index (χ0) is 19.4. The van der Waals surface area contributed by atoms with Gasteiger partial charge in [-0.1, -0.05) is 29.8 Å². The van der Waals surface area contributed by atoms with Crippen LogP contribution in [0.1, 0.15) is 17.7 Å². The van der Waals surface area contributed by atoms with Crippen molar-refractivity contribution in [3.8, 4) is 5.69 Å². The fourth-order valence-corrected chi connectivity index (χ4v) is 2.89. The van der Waals surface area contributed by atoms with E-state index in [0.29, 0.717) is 22.9 Å². The summed E-state index contributed by atoms with van der Waals surface area (Å²) in [5.74, 6) is 0.337. The van der Waals surface area contributed by atoms with Crippen LogP contribution in [0.3, 0.4) is 0 Å². The van der Waals surface area contributed by atoms with E-state index in [1.807, 2.05) is 18.2 Å². The molecule has 27 heavy (non-hydrogen) atoms. The number of anilines is 1. The average Bonchev–Trinajstić information content (AvgIpc) is 3.01. The summed E-state index contributed by atoms with van der Waals surface area (Å²) in [6, 6.07) is 15.1. The molecule has 0 saturated heterocycles. The lowest BCUT2D eigenvalue weighted by atomic mass is 10.1. The highest BCUT2D eigenvalue weighted by Crippen LogP contribution is 2.21. The van der Waals surface area contributed by atoms with E-state index in [2.05, 4.69) is 10.4 Å². The van der Waals surface area contributed by atoms with Gasteiger partial charge in [-0.15, -0.1) is 0 Å². The van der Waals surface area contributed by atoms with Gasteiger partial charge in [-0.3, -0.25) is 14.9 Å². The van der Waals surface area contributed by atoms with Crippen molar-refractivity contribution < 1.29 is 9.72 Å². The highest BCUT2D eigenvalue weighted by Gasteiger charge is 2.13. The summed E-state index contributed by atoms with van der Waals surface area (Å²) in [5.41, 5.74) is 2.24. The summed E-state index contributed by atoms with van der Waals surface area (Å²) in [5, 5.41) is 18.6. The molecule has 3 rings (SSSR count). The Bertz CT molecular complexity index is 983. The lowest BCUT2D eigenvalue weighted by Gasteiger charge is -2.09. The number of benzene rings is 2. The molecule has 0 fully saturated rings. The summed E-state index contributed by atoms with van der Waals surface area (Å²) in [4.78, 5) is 22.7. The summed E-state index contributed by atoms with van der Waals surface area (Å²) >= 11 is 6.12. The first kappa shape index (κ1) is 18.6. The normalized spacial score (nSPS) is 10.6. The molecule has 1 amide bonds. The summed E-state index contributed by atoms with van der Waals surface area (Å²) in [6.45, 7) is 1.81. The van der Waals surface area contributed by atoms with Gasteiger partial charge in [0.05, 0.1) is 16.3 Å². The zero-order valence-corrected chi connectivity index (χ0v) is 15.3. The van der Waals surface area contributed by atoms with Gasteiger partial charge >= 0.3 is 0 Å².